The van der Waals surface area contributed by atoms with E-state index in [0.29, 0.717) is 0 Å². The van der Waals surface area contributed by atoms with Gasteiger partial charge in [-0.1, -0.05) is 12.1 Å². The number of rotatable bonds is 4. The Morgan fingerprint density at radius 1 is 1.25 bits per heavy atom. The predicted molar refractivity (Wildman–Crippen MR) is 96.4 cm³/mol. The number of aryl methyl sites for hydroxylation is 1. The summed E-state index contributed by atoms with van der Waals surface area (Å²) in [5, 5.41) is 5.50. The molecular weight excluding hydrogens is 504 g/mol. The van der Waals surface area contributed by atoms with Crippen LogP contribution in [0.4, 0.5) is 27.6 Å². The van der Waals surface area contributed by atoms with Crippen molar-refractivity contribution < 1.29 is 31.5 Å². The quantitative estimate of drug-likeness (QED) is 0.478. The van der Waals surface area contributed by atoms with E-state index >= 15 is 0 Å². The van der Waals surface area contributed by atoms with E-state index in [1.807, 2.05) is 0 Å². The number of halogens is 6. The molecule has 1 amide bonds. The summed E-state index contributed by atoms with van der Waals surface area (Å²) in [4.78, 5) is 12.4. The van der Waals surface area contributed by atoms with Crippen LogP contribution in [0.25, 0.3) is 0 Å². The van der Waals surface area contributed by atoms with Crippen LogP contribution in [0.2, 0.25) is 0 Å². The van der Waals surface area contributed by atoms with Crippen LogP contribution in [-0.2, 0) is 13.2 Å². The first-order valence-electron chi connectivity index (χ1n) is 7.34. The average Bonchev–Trinajstić information content (AvgIpc) is 3.03. The molecule has 13 heteroatoms. The van der Waals surface area contributed by atoms with Gasteiger partial charge in [-0.15, -0.1) is 0 Å². The highest BCUT2D eigenvalue weighted by atomic mass is 127. The number of nitrogens with one attached hydrogen (secondary N) is 1. The summed E-state index contributed by atoms with van der Waals surface area (Å²) in [6.45, 7) is 0. The van der Waals surface area contributed by atoms with Gasteiger partial charge in [0.25, 0.3) is 17.8 Å². The van der Waals surface area contributed by atoms with E-state index in [4.69, 9.17) is 4.74 Å². The van der Waals surface area contributed by atoms with Crippen molar-refractivity contribution in [2.24, 2.45) is 13.4 Å². The van der Waals surface area contributed by atoms with Gasteiger partial charge in [0.05, 0.1) is 11.3 Å². The number of allylic oxidation sites excluding steroid dienone is 1. The summed E-state index contributed by atoms with van der Waals surface area (Å²) in [5.74, 6) is -4.64. The van der Waals surface area contributed by atoms with E-state index < -0.39 is 62.3 Å². The van der Waals surface area contributed by atoms with Crippen LogP contribution >= 0.6 is 21.3 Å². The average molecular weight is 513 g/mol. The third-order valence-corrected chi connectivity index (χ3v) is 4.57. The van der Waals surface area contributed by atoms with E-state index in [9.17, 15) is 26.7 Å². The lowest BCUT2D eigenvalue weighted by Crippen LogP contribution is -2.18. The minimum Gasteiger partial charge on any atom is -0.434 e. The number of aromatic nitrogens is 2. The van der Waals surface area contributed by atoms with Gasteiger partial charge >= 0.3 is 6.18 Å². The van der Waals surface area contributed by atoms with Crippen molar-refractivity contribution in [3.63, 3.8) is 0 Å². The summed E-state index contributed by atoms with van der Waals surface area (Å²) in [5.41, 5.74) is -2.13. The lowest BCUT2D eigenvalue weighted by Gasteiger charge is -2.13. The highest BCUT2D eigenvalue weighted by Crippen LogP contribution is 2.33. The molecule has 1 aliphatic rings. The Morgan fingerprint density at radius 2 is 1.96 bits per heavy atom. The molecule has 0 bridgehead atoms. The molecule has 0 spiro atoms. The number of anilines is 1. The SMILES string of the molecule is Cn1cc(C(=O)Nc2ccccc2OC2=C(F)C(F)=NI=N2)c(C(F)(F)F)n1. The number of alkyl halides is 3. The molecule has 148 valence electrons. The molecule has 0 fully saturated rings. The Balaban J connectivity index is 1.89. The maximum Gasteiger partial charge on any atom is 0.435 e. The number of hydrogen-bond acceptors (Lipinski definition) is 5. The van der Waals surface area contributed by atoms with Gasteiger partial charge in [0.15, 0.2) is 11.4 Å². The Kier molecular flexibility index (Phi) is 5.53. The molecule has 2 aromatic rings. The third kappa shape index (κ3) is 4.23. The van der Waals surface area contributed by atoms with Crippen LogP contribution in [0.3, 0.4) is 0 Å². The number of ether oxygens (including phenoxy) is 1. The van der Waals surface area contributed by atoms with E-state index in [-0.39, 0.29) is 11.4 Å². The molecule has 0 saturated heterocycles. The highest BCUT2D eigenvalue weighted by molar-refractivity contribution is 14.1. The van der Waals surface area contributed by atoms with Crippen LogP contribution in [0.1, 0.15) is 16.1 Å². The molecule has 1 N–H and O–H groups in total. The van der Waals surface area contributed by atoms with Crippen molar-refractivity contribution in [2.45, 2.75) is 6.18 Å². The maximum atomic E-state index is 13.7. The summed E-state index contributed by atoms with van der Waals surface area (Å²) >= 11 is -1.38. The van der Waals surface area contributed by atoms with Crippen LogP contribution in [0, 0.1) is 0 Å². The van der Waals surface area contributed by atoms with E-state index in [2.05, 4.69) is 16.8 Å². The topological polar surface area (TPSA) is 80.9 Å². The van der Waals surface area contributed by atoms with Gasteiger partial charge in [0, 0.05) is 13.2 Å². The van der Waals surface area contributed by atoms with Crippen molar-refractivity contribution in [1.82, 2.24) is 9.78 Å². The molecule has 0 saturated carbocycles. The highest BCUT2D eigenvalue weighted by Gasteiger charge is 2.39. The fourth-order valence-corrected chi connectivity index (χ4v) is 3.14. The summed E-state index contributed by atoms with van der Waals surface area (Å²) < 4.78 is 79.1. The summed E-state index contributed by atoms with van der Waals surface area (Å²) in [7, 11) is 1.24. The first-order valence-corrected chi connectivity index (χ1v) is 9.27. The molecule has 3 rings (SSSR count). The lowest BCUT2D eigenvalue weighted by atomic mass is 10.2. The first-order chi connectivity index (χ1) is 13.2. The molecule has 28 heavy (non-hydrogen) atoms. The van der Waals surface area contributed by atoms with Crippen molar-refractivity contribution in [3.05, 3.63) is 53.4 Å². The number of amides is 1. The first kappa shape index (κ1) is 20.0. The zero-order chi connectivity index (χ0) is 20.5. The van der Waals surface area contributed by atoms with Crippen molar-refractivity contribution in [1.29, 1.82) is 0 Å². The third-order valence-electron chi connectivity index (χ3n) is 3.28. The van der Waals surface area contributed by atoms with Crippen molar-refractivity contribution >= 4 is 38.9 Å². The number of benzene rings is 1. The molecule has 7 nitrogen and oxygen atoms in total. The number of para-hydroxylation sites is 2. The molecule has 0 radical (unpaired) electrons. The molecule has 0 aliphatic carbocycles. The second-order valence-electron chi connectivity index (χ2n) is 5.27. The van der Waals surface area contributed by atoms with Gasteiger partial charge in [-0.25, -0.2) is 0 Å². The molecule has 1 aromatic heterocycles. The van der Waals surface area contributed by atoms with Gasteiger partial charge in [-0.3, -0.25) is 9.48 Å². The smallest absolute Gasteiger partial charge is 0.434 e. The van der Waals surface area contributed by atoms with Crippen LogP contribution < -0.4 is 10.1 Å². The van der Waals surface area contributed by atoms with Gasteiger partial charge in [0.1, 0.15) is 21.3 Å². The van der Waals surface area contributed by atoms with E-state index in [1.165, 1.54) is 31.3 Å². The molecular formula is C15H9F5IN5O2. The van der Waals surface area contributed by atoms with Gasteiger partial charge < -0.3 is 10.1 Å². The zero-order valence-corrected chi connectivity index (χ0v) is 15.9. The maximum absolute atomic E-state index is 13.7. The summed E-state index contributed by atoms with van der Waals surface area (Å²) in [6.07, 6.45) is -3.92. The lowest BCUT2D eigenvalue weighted by molar-refractivity contribution is -0.141. The molecule has 1 aromatic carbocycles. The fourth-order valence-electron chi connectivity index (χ4n) is 2.13. The molecule has 1 aliphatic heterocycles. The largest absolute Gasteiger partial charge is 0.435 e. The number of nitrogens with zero attached hydrogens (tertiary/aromatic N) is 4. The normalized spacial score (nSPS) is 14.4. The van der Waals surface area contributed by atoms with E-state index in [1.54, 1.807) is 0 Å². The predicted octanol–water partition coefficient (Wildman–Crippen LogP) is 4.66. The molecule has 0 unspecified atom stereocenters. The number of carbonyl (C=O) groups excluding carboxylic acids is 1. The van der Waals surface area contributed by atoms with Gasteiger partial charge in [-0.2, -0.15) is 33.4 Å². The van der Waals surface area contributed by atoms with Crippen molar-refractivity contribution in [3.8, 4) is 5.75 Å². The van der Waals surface area contributed by atoms with Gasteiger partial charge in [0.2, 0.25) is 5.83 Å². The minimum absolute atomic E-state index is 0.0684. The Bertz CT molecular complexity index is 1030. The monoisotopic (exact) mass is 513 g/mol. The fraction of sp³-hybridized carbons (Fsp3) is 0.133. The van der Waals surface area contributed by atoms with Crippen LogP contribution in [0.15, 0.2) is 48.5 Å². The number of hydrogen-bond donors (Lipinski definition) is 1. The van der Waals surface area contributed by atoms with E-state index in [0.717, 1.165) is 10.9 Å². The second-order valence-corrected chi connectivity index (χ2v) is 6.67. The minimum atomic E-state index is -4.83. The molecule has 0 atom stereocenters. The Morgan fingerprint density at radius 3 is 2.68 bits per heavy atom. The van der Waals surface area contributed by atoms with Crippen molar-refractivity contribution in [2.75, 3.05) is 5.32 Å². The number of carbonyl (C=O) groups is 1. The second kappa shape index (κ2) is 7.73. The van der Waals surface area contributed by atoms with Crippen LogP contribution in [0.5, 0.6) is 5.75 Å². The molecule has 2 heterocycles. The standard InChI is InChI=1S/C15H9F5IN5O2/c1-26-6-7(11(25-26)15(18,19)20)13(27)22-8-4-2-3-5-9(8)28-14-10(16)12(17)23-21-24-14/h2-6H,1H3,(H,22,27). The Labute approximate surface area is 164 Å². The Hall–Kier alpha value is -2.71. The zero-order valence-electron chi connectivity index (χ0n) is 13.8. The summed E-state index contributed by atoms with van der Waals surface area (Å²) in [6, 6.07) is 5.56. The van der Waals surface area contributed by atoms with Crippen LogP contribution in [-0.4, -0.2) is 21.7 Å². The van der Waals surface area contributed by atoms with Gasteiger partial charge in [-0.05, 0) is 12.1 Å².